The van der Waals surface area contributed by atoms with Gasteiger partial charge in [-0.2, -0.15) is 0 Å². The Balaban J connectivity index is 1.95. The van der Waals surface area contributed by atoms with Crippen molar-refractivity contribution in [1.82, 2.24) is 4.98 Å². The van der Waals surface area contributed by atoms with Crippen LogP contribution in [0.25, 0.3) is 11.5 Å². The van der Waals surface area contributed by atoms with Crippen molar-refractivity contribution in [3.05, 3.63) is 41.2 Å². The maximum Gasteiger partial charge on any atom is 0.315 e. The standard InChI is InChI=1S/C13H12ClNO3S/c1-17-12(16)8-19-7-11-6-18-13(15-11)9-2-4-10(14)5-3-9/h2-6H,7-8H2,1H3. The van der Waals surface area contributed by atoms with Gasteiger partial charge in [0.05, 0.1) is 18.6 Å². The lowest BCUT2D eigenvalue weighted by Gasteiger charge is -1.97. The van der Waals surface area contributed by atoms with Crippen LogP contribution < -0.4 is 0 Å². The third kappa shape index (κ3) is 4.01. The van der Waals surface area contributed by atoms with E-state index in [0.29, 0.717) is 22.4 Å². The fraction of sp³-hybridized carbons (Fsp3) is 0.231. The number of hydrogen-bond donors (Lipinski definition) is 0. The fourth-order valence-electron chi connectivity index (χ4n) is 1.40. The smallest absolute Gasteiger partial charge is 0.315 e. The summed E-state index contributed by atoms with van der Waals surface area (Å²) >= 11 is 7.25. The minimum absolute atomic E-state index is 0.244. The summed E-state index contributed by atoms with van der Waals surface area (Å²) in [6, 6.07) is 7.26. The quantitative estimate of drug-likeness (QED) is 0.792. The predicted molar refractivity (Wildman–Crippen MR) is 75.1 cm³/mol. The van der Waals surface area contributed by atoms with Gasteiger partial charge in [-0.1, -0.05) is 11.6 Å². The molecule has 0 atom stereocenters. The molecule has 0 saturated heterocycles. The lowest BCUT2D eigenvalue weighted by atomic mass is 10.2. The second-order valence-corrected chi connectivity index (χ2v) is 5.14. The van der Waals surface area contributed by atoms with E-state index in [-0.39, 0.29) is 5.97 Å². The molecule has 0 fully saturated rings. The third-order valence-electron chi connectivity index (χ3n) is 2.34. The summed E-state index contributed by atoms with van der Waals surface area (Å²) in [4.78, 5) is 15.3. The van der Waals surface area contributed by atoms with Gasteiger partial charge in [-0.25, -0.2) is 4.98 Å². The van der Waals surface area contributed by atoms with Gasteiger partial charge in [0.1, 0.15) is 6.26 Å². The molecule has 0 amide bonds. The monoisotopic (exact) mass is 297 g/mol. The lowest BCUT2D eigenvalue weighted by molar-refractivity contribution is -0.137. The first-order valence-electron chi connectivity index (χ1n) is 5.54. The zero-order valence-corrected chi connectivity index (χ0v) is 11.8. The molecule has 0 spiro atoms. The first kappa shape index (κ1) is 14.0. The molecule has 0 N–H and O–H groups in total. The minimum atomic E-state index is -0.244. The Labute approximate surface area is 120 Å². The van der Waals surface area contributed by atoms with Crippen LogP contribution in [-0.2, 0) is 15.3 Å². The number of rotatable bonds is 5. The van der Waals surface area contributed by atoms with Crippen LogP contribution in [0.15, 0.2) is 34.9 Å². The molecule has 0 aliphatic heterocycles. The normalized spacial score (nSPS) is 10.4. The number of hydrogen-bond acceptors (Lipinski definition) is 5. The Kier molecular flexibility index (Phi) is 4.87. The van der Waals surface area contributed by atoms with E-state index in [1.54, 1.807) is 18.4 Å². The Hall–Kier alpha value is -1.46. The highest BCUT2D eigenvalue weighted by Crippen LogP contribution is 2.22. The zero-order chi connectivity index (χ0) is 13.7. The van der Waals surface area contributed by atoms with E-state index in [2.05, 4.69) is 9.72 Å². The van der Waals surface area contributed by atoms with Crippen molar-refractivity contribution in [1.29, 1.82) is 0 Å². The van der Waals surface area contributed by atoms with Crippen molar-refractivity contribution in [2.24, 2.45) is 0 Å². The molecule has 1 aromatic carbocycles. The topological polar surface area (TPSA) is 52.3 Å². The molecule has 0 bridgehead atoms. The highest BCUT2D eigenvalue weighted by molar-refractivity contribution is 7.99. The number of nitrogens with zero attached hydrogens (tertiary/aromatic N) is 1. The second kappa shape index (κ2) is 6.63. The first-order valence-corrected chi connectivity index (χ1v) is 7.07. The van der Waals surface area contributed by atoms with Crippen LogP contribution in [0.2, 0.25) is 5.02 Å². The van der Waals surface area contributed by atoms with E-state index >= 15 is 0 Å². The maximum absolute atomic E-state index is 11.0. The van der Waals surface area contributed by atoms with Crippen LogP contribution in [-0.4, -0.2) is 23.8 Å². The van der Waals surface area contributed by atoms with Gasteiger partial charge in [-0.05, 0) is 24.3 Å². The average molecular weight is 298 g/mol. The number of methoxy groups -OCH3 is 1. The molecule has 100 valence electrons. The van der Waals surface area contributed by atoms with Crippen molar-refractivity contribution >= 4 is 29.3 Å². The highest BCUT2D eigenvalue weighted by Gasteiger charge is 2.08. The number of ether oxygens (including phenoxy) is 1. The summed E-state index contributed by atoms with van der Waals surface area (Å²) in [5.74, 6) is 1.21. The largest absolute Gasteiger partial charge is 0.468 e. The van der Waals surface area contributed by atoms with Crippen LogP contribution in [0, 0.1) is 0 Å². The minimum Gasteiger partial charge on any atom is -0.468 e. The third-order valence-corrected chi connectivity index (χ3v) is 3.53. The van der Waals surface area contributed by atoms with E-state index in [9.17, 15) is 4.79 Å². The summed E-state index contributed by atoms with van der Waals surface area (Å²) in [5, 5.41) is 0.671. The van der Waals surface area contributed by atoms with Gasteiger partial charge in [-0.3, -0.25) is 4.79 Å². The highest BCUT2D eigenvalue weighted by atomic mass is 35.5. The summed E-state index contributed by atoms with van der Waals surface area (Å²) in [5.41, 5.74) is 1.66. The van der Waals surface area contributed by atoms with E-state index in [4.69, 9.17) is 16.0 Å². The van der Waals surface area contributed by atoms with Crippen LogP contribution in [0.3, 0.4) is 0 Å². The molecule has 0 unspecified atom stereocenters. The zero-order valence-electron chi connectivity index (χ0n) is 10.3. The molecule has 0 radical (unpaired) electrons. The number of carbonyl (C=O) groups is 1. The Bertz CT molecular complexity index is 553. The lowest BCUT2D eigenvalue weighted by Crippen LogP contribution is -2.03. The molecule has 1 heterocycles. The van der Waals surface area contributed by atoms with Crippen LogP contribution in [0.4, 0.5) is 0 Å². The number of thioether (sulfide) groups is 1. The van der Waals surface area contributed by atoms with Crippen molar-refractivity contribution in [3.63, 3.8) is 0 Å². The van der Waals surface area contributed by atoms with Crippen LogP contribution in [0.5, 0.6) is 0 Å². The summed E-state index contributed by atoms with van der Waals surface area (Å²) < 4.78 is 9.95. The fourth-order valence-corrected chi connectivity index (χ4v) is 2.25. The van der Waals surface area contributed by atoms with E-state index in [1.807, 2.05) is 12.1 Å². The number of esters is 1. The molecule has 1 aromatic heterocycles. The molecule has 0 aliphatic rings. The predicted octanol–water partition coefficient (Wildman–Crippen LogP) is 3.40. The first-order chi connectivity index (χ1) is 9.19. The van der Waals surface area contributed by atoms with Crippen molar-refractivity contribution in [3.8, 4) is 11.5 Å². The molecule has 19 heavy (non-hydrogen) atoms. The Morgan fingerprint density at radius 2 is 2.16 bits per heavy atom. The van der Waals surface area contributed by atoms with Gasteiger partial charge >= 0.3 is 5.97 Å². The van der Waals surface area contributed by atoms with Crippen LogP contribution in [0.1, 0.15) is 5.69 Å². The number of aromatic nitrogens is 1. The average Bonchev–Trinajstić information content (AvgIpc) is 2.88. The van der Waals surface area contributed by atoms with E-state index in [1.165, 1.54) is 18.9 Å². The van der Waals surface area contributed by atoms with Gasteiger partial charge < -0.3 is 9.15 Å². The van der Waals surface area contributed by atoms with Crippen molar-refractivity contribution in [2.45, 2.75) is 5.75 Å². The molecule has 2 aromatic rings. The molecule has 6 heteroatoms. The van der Waals surface area contributed by atoms with Gasteiger partial charge in [0, 0.05) is 16.3 Å². The van der Waals surface area contributed by atoms with Gasteiger partial charge in [0.25, 0.3) is 0 Å². The molecule has 0 aliphatic carbocycles. The van der Waals surface area contributed by atoms with E-state index < -0.39 is 0 Å². The van der Waals surface area contributed by atoms with Crippen molar-refractivity contribution < 1.29 is 13.9 Å². The number of benzene rings is 1. The van der Waals surface area contributed by atoms with Gasteiger partial charge in [0.15, 0.2) is 0 Å². The molecular weight excluding hydrogens is 286 g/mol. The molecule has 4 nitrogen and oxygen atoms in total. The summed E-state index contributed by atoms with van der Waals surface area (Å²) in [7, 11) is 1.37. The Morgan fingerprint density at radius 3 is 2.84 bits per heavy atom. The van der Waals surface area contributed by atoms with Crippen molar-refractivity contribution in [2.75, 3.05) is 12.9 Å². The summed E-state index contributed by atoms with van der Waals surface area (Å²) in [6.45, 7) is 0. The molecular formula is C13H12ClNO3S. The number of carbonyl (C=O) groups excluding carboxylic acids is 1. The Morgan fingerprint density at radius 1 is 1.42 bits per heavy atom. The summed E-state index contributed by atoms with van der Waals surface area (Å²) in [6.07, 6.45) is 1.59. The number of halogens is 1. The van der Waals surface area contributed by atoms with Crippen LogP contribution >= 0.6 is 23.4 Å². The number of oxazole rings is 1. The van der Waals surface area contributed by atoms with E-state index in [0.717, 1.165) is 11.3 Å². The molecule has 2 rings (SSSR count). The van der Waals surface area contributed by atoms with Gasteiger partial charge in [-0.15, -0.1) is 11.8 Å². The van der Waals surface area contributed by atoms with Gasteiger partial charge in [0.2, 0.25) is 5.89 Å². The SMILES string of the molecule is COC(=O)CSCc1coc(-c2ccc(Cl)cc2)n1. The second-order valence-electron chi connectivity index (χ2n) is 3.72. The maximum atomic E-state index is 11.0. The molecule has 0 saturated carbocycles.